The van der Waals surface area contributed by atoms with Gasteiger partial charge in [-0.15, -0.1) is 0 Å². The highest BCUT2D eigenvalue weighted by Crippen LogP contribution is 2.21. The topological polar surface area (TPSA) is 27.0 Å². The number of allylic oxidation sites excluding steroid dienone is 8. The molecule has 0 fully saturated rings. The zero-order valence-electron chi connectivity index (χ0n) is 15.1. The Labute approximate surface area is 159 Å². The fraction of sp³-hybridized carbons (Fsp3) is 0.136. The normalized spacial score (nSPS) is 11.5. The standard InChI is InChI=1S/C22H20ClFN2/c1-6-7-19(11-17(3)23)9-8-16(2)10-18(4)26(5)22-13-20(15-25)12-21(24)14-22/h6-7,10-14H,2-3H2,1,4-5H3/b7-6-,18-10-,19-11+. The predicted octanol–water partition coefficient (Wildman–Crippen LogP) is 5.85. The number of benzene rings is 1. The first-order valence-electron chi connectivity index (χ1n) is 7.79. The molecule has 0 aliphatic carbocycles. The molecule has 0 heterocycles. The molecule has 0 saturated heterocycles. The highest BCUT2D eigenvalue weighted by atomic mass is 35.5. The number of nitrogens with zero attached hydrogens (tertiary/aromatic N) is 2. The van der Waals surface area contributed by atoms with Gasteiger partial charge in [-0.1, -0.05) is 48.8 Å². The Balaban J connectivity index is 3.05. The number of halogens is 2. The summed E-state index contributed by atoms with van der Waals surface area (Å²) in [6.45, 7) is 11.3. The van der Waals surface area contributed by atoms with Gasteiger partial charge in [-0.25, -0.2) is 4.39 Å². The maximum Gasteiger partial charge on any atom is 0.126 e. The zero-order valence-corrected chi connectivity index (χ0v) is 15.9. The molecule has 0 radical (unpaired) electrons. The third-order valence-electron chi connectivity index (χ3n) is 3.34. The number of rotatable bonds is 5. The van der Waals surface area contributed by atoms with Crippen molar-refractivity contribution in [2.75, 3.05) is 11.9 Å². The molecule has 132 valence electrons. The van der Waals surface area contributed by atoms with E-state index in [0.717, 1.165) is 11.3 Å². The summed E-state index contributed by atoms with van der Waals surface area (Å²) in [5, 5.41) is 9.36. The molecule has 0 atom stereocenters. The highest BCUT2D eigenvalue weighted by molar-refractivity contribution is 6.30. The molecule has 0 saturated carbocycles. The van der Waals surface area contributed by atoms with Gasteiger partial charge in [-0.05, 0) is 44.2 Å². The van der Waals surface area contributed by atoms with Crippen LogP contribution in [0.25, 0.3) is 0 Å². The fourth-order valence-electron chi connectivity index (χ4n) is 2.05. The molecule has 0 N–H and O–H groups in total. The third kappa shape index (κ3) is 6.85. The van der Waals surface area contributed by atoms with E-state index in [1.165, 1.54) is 12.1 Å². The molecular weight excluding hydrogens is 347 g/mol. The molecule has 1 rings (SSSR count). The van der Waals surface area contributed by atoms with Crippen LogP contribution in [0.1, 0.15) is 19.4 Å². The third-order valence-corrected chi connectivity index (χ3v) is 3.45. The van der Waals surface area contributed by atoms with Crippen LogP contribution in [0.4, 0.5) is 10.1 Å². The van der Waals surface area contributed by atoms with Crippen molar-refractivity contribution in [2.24, 2.45) is 0 Å². The summed E-state index contributed by atoms with van der Waals surface area (Å²) in [7, 11) is 1.78. The van der Waals surface area contributed by atoms with E-state index in [0.29, 0.717) is 16.3 Å². The number of hydrogen-bond acceptors (Lipinski definition) is 2. The van der Waals surface area contributed by atoms with E-state index in [4.69, 9.17) is 16.9 Å². The lowest BCUT2D eigenvalue weighted by Crippen LogP contribution is -2.14. The molecule has 2 nitrogen and oxygen atoms in total. The quantitative estimate of drug-likeness (QED) is 0.482. The molecule has 26 heavy (non-hydrogen) atoms. The second kappa shape index (κ2) is 10.1. The number of hydrogen-bond donors (Lipinski definition) is 0. The van der Waals surface area contributed by atoms with Crippen LogP contribution < -0.4 is 4.90 Å². The van der Waals surface area contributed by atoms with Crippen molar-refractivity contribution in [1.29, 1.82) is 5.26 Å². The van der Waals surface area contributed by atoms with Crippen LogP contribution >= 0.6 is 11.6 Å². The zero-order chi connectivity index (χ0) is 19.7. The van der Waals surface area contributed by atoms with E-state index >= 15 is 0 Å². The van der Waals surface area contributed by atoms with Crippen molar-refractivity contribution in [3.8, 4) is 17.9 Å². The minimum Gasteiger partial charge on any atom is -0.348 e. The molecule has 0 unspecified atom stereocenters. The number of nitriles is 1. The van der Waals surface area contributed by atoms with Gasteiger partial charge in [0.2, 0.25) is 0 Å². The molecule has 0 bridgehead atoms. The molecule has 1 aromatic rings. The van der Waals surface area contributed by atoms with Crippen molar-refractivity contribution in [1.82, 2.24) is 0 Å². The van der Waals surface area contributed by atoms with Gasteiger partial charge in [0.05, 0.1) is 11.6 Å². The second-order valence-electron chi connectivity index (χ2n) is 5.48. The Hall–Kier alpha value is -3.01. The van der Waals surface area contributed by atoms with Gasteiger partial charge in [0, 0.05) is 34.6 Å². The monoisotopic (exact) mass is 366 g/mol. The summed E-state index contributed by atoms with van der Waals surface area (Å²) in [6, 6.07) is 6.13. The molecular formula is C22H20ClFN2. The first-order chi connectivity index (χ1) is 12.3. The van der Waals surface area contributed by atoms with E-state index in [-0.39, 0.29) is 5.56 Å². The molecule has 1 aromatic carbocycles. The van der Waals surface area contributed by atoms with Crippen LogP contribution in [0, 0.1) is 29.0 Å². The van der Waals surface area contributed by atoms with Gasteiger partial charge < -0.3 is 4.90 Å². The summed E-state index contributed by atoms with van der Waals surface area (Å²) in [5.74, 6) is 5.47. The van der Waals surface area contributed by atoms with Gasteiger partial charge in [0.25, 0.3) is 0 Å². The Morgan fingerprint density at radius 1 is 1.23 bits per heavy atom. The maximum atomic E-state index is 13.6. The summed E-state index contributed by atoms with van der Waals surface area (Å²) < 4.78 is 13.6. The van der Waals surface area contributed by atoms with E-state index in [1.807, 2.05) is 32.1 Å². The minimum absolute atomic E-state index is 0.265. The first-order valence-corrected chi connectivity index (χ1v) is 8.17. The van der Waals surface area contributed by atoms with Crippen molar-refractivity contribution in [3.05, 3.63) is 88.9 Å². The van der Waals surface area contributed by atoms with Crippen molar-refractivity contribution in [3.63, 3.8) is 0 Å². The van der Waals surface area contributed by atoms with Crippen molar-refractivity contribution >= 4 is 17.3 Å². The Morgan fingerprint density at radius 2 is 1.92 bits per heavy atom. The lowest BCUT2D eigenvalue weighted by Gasteiger charge is -2.20. The lowest BCUT2D eigenvalue weighted by molar-refractivity contribution is 0.627. The Morgan fingerprint density at radius 3 is 2.50 bits per heavy atom. The fourth-order valence-corrected chi connectivity index (χ4v) is 2.17. The molecule has 4 heteroatoms. The average Bonchev–Trinajstić information content (AvgIpc) is 2.58. The Bertz CT molecular complexity index is 902. The molecule has 0 amide bonds. The molecule has 0 spiro atoms. The van der Waals surface area contributed by atoms with Gasteiger partial charge in [0.15, 0.2) is 0 Å². The van der Waals surface area contributed by atoms with E-state index < -0.39 is 5.82 Å². The minimum atomic E-state index is -0.459. The SMILES string of the molecule is C=C(C#CC(/C=C\C)=C/C(=C)Cl)/C=C(/C)N(C)c1cc(F)cc(C#N)c1. The van der Waals surface area contributed by atoms with Crippen LogP contribution in [0.5, 0.6) is 0 Å². The highest BCUT2D eigenvalue weighted by Gasteiger charge is 2.07. The maximum absolute atomic E-state index is 13.6. The summed E-state index contributed by atoms with van der Waals surface area (Å²) >= 11 is 5.79. The van der Waals surface area contributed by atoms with E-state index in [2.05, 4.69) is 25.0 Å². The van der Waals surface area contributed by atoms with E-state index in [9.17, 15) is 4.39 Å². The van der Waals surface area contributed by atoms with E-state index in [1.54, 1.807) is 30.2 Å². The second-order valence-corrected chi connectivity index (χ2v) is 5.96. The first kappa shape index (κ1) is 21.0. The molecule has 0 aliphatic rings. The largest absolute Gasteiger partial charge is 0.348 e. The summed E-state index contributed by atoms with van der Waals surface area (Å²) in [5.41, 5.74) is 2.94. The van der Waals surface area contributed by atoms with Crippen LogP contribution in [-0.2, 0) is 0 Å². The van der Waals surface area contributed by atoms with Gasteiger partial charge in [0.1, 0.15) is 5.82 Å². The lowest BCUT2D eigenvalue weighted by atomic mass is 10.1. The molecule has 0 aromatic heterocycles. The van der Waals surface area contributed by atoms with Crippen LogP contribution in [0.3, 0.4) is 0 Å². The van der Waals surface area contributed by atoms with Crippen molar-refractivity contribution in [2.45, 2.75) is 13.8 Å². The number of anilines is 1. The Kier molecular flexibility index (Phi) is 8.16. The predicted molar refractivity (Wildman–Crippen MR) is 108 cm³/mol. The van der Waals surface area contributed by atoms with Gasteiger partial charge >= 0.3 is 0 Å². The van der Waals surface area contributed by atoms with Gasteiger partial charge in [-0.3, -0.25) is 0 Å². The van der Waals surface area contributed by atoms with Crippen molar-refractivity contribution < 1.29 is 4.39 Å². The van der Waals surface area contributed by atoms with Crippen LogP contribution in [0.2, 0.25) is 0 Å². The van der Waals surface area contributed by atoms with Gasteiger partial charge in [-0.2, -0.15) is 5.26 Å². The average molecular weight is 367 g/mol. The van der Waals surface area contributed by atoms with Crippen LogP contribution in [-0.4, -0.2) is 7.05 Å². The molecule has 0 aliphatic heterocycles. The van der Waals surface area contributed by atoms with Crippen LogP contribution in [0.15, 0.2) is 77.5 Å². The summed E-state index contributed by atoms with van der Waals surface area (Å²) in [6.07, 6.45) is 7.13. The smallest absolute Gasteiger partial charge is 0.126 e. The summed E-state index contributed by atoms with van der Waals surface area (Å²) in [4.78, 5) is 1.76.